The van der Waals surface area contributed by atoms with Crippen LogP contribution < -0.4 is 5.32 Å². The topological polar surface area (TPSA) is 58.5 Å². The van der Waals surface area contributed by atoms with Gasteiger partial charge in [0.05, 0.1) is 23.8 Å². The van der Waals surface area contributed by atoms with Crippen molar-refractivity contribution in [2.45, 2.75) is 19.9 Å². The lowest BCUT2D eigenvalue weighted by Gasteiger charge is -2.03. The Morgan fingerprint density at radius 1 is 1.19 bits per heavy atom. The third kappa shape index (κ3) is 3.03. The molecule has 0 bridgehead atoms. The van der Waals surface area contributed by atoms with Crippen molar-refractivity contribution in [2.75, 3.05) is 6.54 Å². The first-order valence-electron chi connectivity index (χ1n) is 7.22. The van der Waals surface area contributed by atoms with Crippen LogP contribution in [-0.4, -0.2) is 26.5 Å². The van der Waals surface area contributed by atoms with Crippen molar-refractivity contribution in [3.8, 4) is 16.9 Å². The molecule has 0 fully saturated rings. The van der Waals surface area contributed by atoms with E-state index in [2.05, 4.69) is 27.5 Å². The van der Waals surface area contributed by atoms with Gasteiger partial charge in [-0.1, -0.05) is 25.1 Å². The lowest BCUT2D eigenvalue weighted by Crippen LogP contribution is -2.13. The van der Waals surface area contributed by atoms with E-state index in [-0.39, 0.29) is 0 Å². The molecular formula is C16H19N5. The summed E-state index contributed by atoms with van der Waals surface area (Å²) in [5.74, 6) is 0. The number of H-pyrrole nitrogens is 1. The zero-order chi connectivity index (χ0) is 14.5. The van der Waals surface area contributed by atoms with Crippen LogP contribution in [-0.2, 0) is 6.54 Å². The Hall–Kier alpha value is -2.40. The minimum Gasteiger partial charge on any atom is -0.313 e. The molecule has 0 radical (unpaired) electrons. The molecule has 5 nitrogen and oxygen atoms in total. The van der Waals surface area contributed by atoms with Gasteiger partial charge >= 0.3 is 0 Å². The lowest BCUT2D eigenvalue weighted by atomic mass is 10.1. The number of aromatic nitrogens is 4. The summed E-state index contributed by atoms with van der Waals surface area (Å²) in [4.78, 5) is 0. The number of nitrogens with one attached hydrogen (secondary N) is 2. The van der Waals surface area contributed by atoms with Gasteiger partial charge in [-0.15, -0.1) is 0 Å². The summed E-state index contributed by atoms with van der Waals surface area (Å²) in [7, 11) is 0. The highest BCUT2D eigenvalue weighted by molar-refractivity contribution is 5.61. The fraction of sp³-hybridized carbons (Fsp3) is 0.250. The van der Waals surface area contributed by atoms with Crippen LogP contribution in [0.25, 0.3) is 16.9 Å². The van der Waals surface area contributed by atoms with E-state index in [1.807, 2.05) is 53.6 Å². The molecular weight excluding hydrogens is 262 g/mol. The van der Waals surface area contributed by atoms with Gasteiger partial charge in [-0.25, -0.2) is 4.68 Å². The van der Waals surface area contributed by atoms with Gasteiger partial charge in [-0.3, -0.25) is 5.10 Å². The molecule has 3 rings (SSSR count). The highest BCUT2D eigenvalue weighted by Gasteiger charge is 2.10. The zero-order valence-electron chi connectivity index (χ0n) is 12.1. The monoisotopic (exact) mass is 281 g/mol. The summed E-state index contributed by atoms with van der Waals surface area (Å²) in [6.07, 6.45) is 6.88. The second-order valence-corrected chi connectivity index (χ2v) is 4.96. The smallest absolute Gasteiger partial charge is 0.0726 e. The Balaban J connectivity index is 1.82. The Bertz CT molecular complexity index is 684. The van der Waals surface area contributed by atoms with Gasteiger partial charge in [0.25, 0.3) is 0 Å². The van der Waals surface area contributed by atoms with Gasteiger partial charge in [-0.2, -0.15) is 10.2 Å². The van der Waals surface area contributed by atoms with Crippen molar-refractivity contribution in [1.82, 2.24) is 25.3 Å². The first kappa shape index (κ1) is 13.6. The van der Waals surface area contributed by atoms with Crippen molar-refractivity contribution in [3.63, 3.8) is 0 Å². The van der Waals surface area contributed by atoms with Crippen molar-refractivity contribution in [2.24, 2.45) is 0 Å². The van der Waals surface area contributed by atoms with Crippen molar-refractivity contribution in [1.29, 1.82) is 0 Å². The summed E-state index contributed by atoms with van der Waals surface area (Å²) < 4.78 is 1.87. The third-order valence-corrected chi connectivity index (χ3v) is 3.35. The lowest BCUT2D eigenvalue weighted by molar-refractivity contribution is 0.676. The summed E-state index contributed by atoms with van der Waals surface area (Å²) in [6, 6.07) is 10.1. The molecule has 108 valence electrons. The molecule has 5 heteroatoms. The van der Waals surface area contributed by atoms with E-state index < -0.39 is 0 Å². The van der Waals surface area contributed by atoms with Crippen LogP contribution in [0.5, 0.6) is 0 Å². The van der Waals surface area contributed by atoms with Crippen molar-refractivity contribution in [3.05, 3.63) is 54.5 Å². The standard InChI is InChI=1S/C16H19N5/c1-2-8-17-9-13-10-18-20-16(13)14-11-19-21(12-14)15-6-4-3-5-7-15/h3-7,10-12,17H,2,8-9H2,1H3,(H,18,20). The minimum atomic E-state index is 0.816. The Morgan fingerprint density at radius 3 is 2.86 bits per heavy atom. The van der Waals surface area contributed by atoms with E-state index in [0.29, 0.717) is 0 Å². The normalized spacial score (nSPS) is 10.9. The van der Waals surface area contributed by atoms with Gasteiger partial charge in [0.1, 0.15) is 0 Å². The largest absolute Gasteiger partial charge is 0.313 e. The van der Waals surface area contributed by atoms with Crippen LogP contribution in [0.2, 0.25) is 0 Å². The van der Waals surface area contributed by atoms with Crippen LogP contribution in [0.4, 0.5) is 0 Å². The Kier molecular flexibility index (Phi) is 4.12. The molecule has 0 spiro atoms. The van der Waals surface area contributed by atoms with Gasteiger partial charge in [0.15, 0.2) is 0 Å². The van der Waals surface area contributed by atoms with E-state index >= 15 is 0 Å². The molecule has 21 heavy (non-hydrogen) atoms. The van der Waals surface area contributed by atoms with Gasteiger partial charge in [0.2, 0.25) is 0 Å². The highest BCUT2D eigenvalue weighted by atomic mass is 15.3. The molecule has 1 aromatic carbocycles. The molecule has 0 atom stereocenters. The maximum atomic E-state index is 4.43. The number of hydrogen-bond acceptors (Lipinski definition) is 3. The predicted octanol–water partition coefficient (Wildman–Crippen LogP) is 2.76. The van der Waals surface area contributed by atoms with Gasteiger partial charge in [-0.05, 0) is 25.1 Å². The molecule has 0 unspecified atom stereocenters. The van der Waals surface area contributed by atoms with Crippen LogP contribution in [0, 0.1) is 0 Å². The van der Waals surface area contributed by atoms with Crippen LogP contribution in [0.3, 0.4) is 0 Å². The summed E-state index contributed by atoms with van der Waals surface area (Å²) >= 11 is 0. The molecule has 0 saturated heterocycles. The maximum Gasteiger partial charge on any atom is 0.0726 e. The predicted molar refractivity (Wildman–Crippen MR) is 83.1 cm³/mol. The number of benzene rings is 1. The SMILES string of the molecule is CCCNCc1cn[nH]c1-c1cnn(-c2ccccc2)c1. The highest BCUT2D eigenvalue weighted by Crippen LogP contribution is 2.21. The van der Waals surface area contributed by atoms with E-state index in [9.17, 15) is 0 Å². The molecule has 0 amide bonds. The first-order valence-corrected chi connectivity index (χ1v) is 7.22. The second-order valence-electron chi connectivity index (χ2n) is 4.96. The van der Waals surface area contributed by atoms with Crippen molar-refractivity contribution >= 4 is 0 Å². The molecule has 2 aromatic heterocycles. The molecule has 0 saturated carbocycles. The van der Waals surface area contributed by atoms with E-state index in [1.54, 1.807) is 0 Å². The fourth-order valence-corrected chi connectivity index (χ4v) is 2.27. The number of rotatable bonds is 6. The average Bonchev–Trinajstić information content (AvgIpc) is 3.17. The van der Waals surface area contributed by atoms with Crippen LogP contribution in [0.1, 0.15) is 18.9 Å². The summed E-state index contributed by atoms with van der Waals surface area (Å²) in [6.45, 7) is 3.98. The Morgan fingerprint density at radius 2 is 2.05 bits per heavy atom. The number of aromatic amines is 1. The van der Waals surface area contributed by atoms with Gasteiger partial charge in [0, 0.05) is 23.9 Å². The van der Waals surface area contributed by atoms with E-state index in [4.69, 9.17) is 0 Å². The van der Waals surface area contributed by atoms with Crippen LogP contribution in [0.15, 0.2) is 48.9 Å². The van der Waals surface area contributed by atoms with Crippen molar-refractivity contribution < 1.29 is 0 Å². The maximum absolute atomic E-state index is 4.43. The average molecular weight is 281 g/mol. The first-order chi connectivity index (χ1) is 10.4. The Labute approximate surface area is 124 Å². The number of nitrogens with zero attached hydrogens (tertiary/aromatic N) is 3. The van der Waals surface area contributed by atoms with Gasteiger partial charge < -0.3 is 5.32 Å². The van der Waals surface area contributed by atoms with E-state index in [1.165, 1.54) is 0 Å². The van der Waals surface area contributed by atoms with Crippen LogP contribution >= 0.6 is 0 Å². The molecule has 0 aliphatic carbocycles. The summed E-state index contributed by atoms with van der Waals surface area (Å²) in [5, 5.41) is 15.1. The second kappa shape index (κ2) is 6.37. The minimum absolute atomic E-state index is 0.816. The van der Waals surface area contributed by atoms with E-state index in [0.717, 1.165) is 42.0 Å². The fourth-order valence-electron chi connectivity index (χ4n) is 2.27. The zero-order valence-corrected chi connectivity index (χ0v) is 12.1. The number of para-hydroxylation sites is 1. The third-order valence-electron chi connectivity index (χ3n) is 3.35. The quantitative estimate of drug-likeness (QED) is 0.683. The molecule has 2 heterocycles. The molecule has 0 aliphatic rings. The summed E-state index contributed by atoms with van der Waals surface area (Å²) in [5.41, 5.74) is 4.29. The molecule has 0 aliphatic heterocycles. The number of hydrogen-bond donors (Lipinski definition) is 2. The molecule has 2 N–H and O–H groups in total. The molecule has 3 aromatic rings.